The number of carbonyl (C=O) groups is 1. The summed E-state index contributed by atoms with van der Waals surface area (Å²) in [6.07, 6.45) is 1.39. The molecule has 1 aromatic rings. The number of likely N-dealkylation sites (N-methyl/N-ethyl adjacent to an activating group) is 1. The van der Waals surface area contributed by atoms with E-state index in [1.807, 2.05) is 13.0 Å². The van der Waals surface area contributed by atoms with Gasteiger partial charge in [0.2, 0.25) is 0 Å². The van der Waals surface area contributed by atoms with Gasteiger partial charge in [0.15, 0.2) is 0 Å². The number of hydrogen-bond donors (Lipinski definition) is 1. The first-order chi connectivity index (χ1) is 9.11. The number of amides is 1. The monoisotopic (exact) mass is 326 g/mol. The maximum Gasteiger partial charge on any atom is 0.407 e. The maximum atomic E-state index is 11.0. The van der Waals surface area contributed by atoms with Crippen LogP contribution in [0, 0.1) is 0 Å². The van der Waals surface area contributed by atoms with Gasteiger partial charge in [-0.3, -0.25) is 0 Å². The van der Waals surface area contributed by atoms with Gasteiger partial charge in [0.1, 0.15) is 0 Å². The van der Waals surface area contributed by atoms with Crippen LogP contribution in [0.5, 0.6) is 0 Å². The van der Waals surface area contributed by atoms with Crippen LogP contribution in [0.3, 0.4) is 0 Å². The molecule has 1 heterocycles. The summed E-state index contributed by atoms with van der Waals surface area (Å²) in [5.41, 5.74) is 2.59. The summed E-state index contributed by atoms with van der Waals surface area (Å²) in [5, 5.41) is 9.04. The van der Waals surface area contributed by atoms with Crippen LogP contribution in [0.4, 0.5) is 10.5 Å². The topological polar surface area (TPSA) is 43.8 Å². The molecule has 5 heteroatoms. The van der Waals surface area contributed by atoms with E-state index in [4.69, 9.17) is 5.11 Å². The van der Waals surface area contributed by atoms with Gasteiger partial charge in [0.25, 0.3) is 0 Å². The van der Waals surface area contributed by atoms with Crippen LogP contribution in [0.15, 0.2) is 22.7 Å². The van der Waals surface area contributed by atoms with E-state index >= 15 is 0 Å². The van der Waals surface area contributed by atoms with Crippen molar-refractivity contribution in [2.45, 2.75) is 19.8 Å². The number of hydrogen-bond acceptors (Lipinski definition) is 2. The van der Waals surface area contributed by atoms with Crippen molar-refractivity contribution in [1.29, 1.82) is 0 Å². The van der Waals surface area contributed by atoms with Gasteiger partial charge in [-0.15, -0.1) is 0 Å². The van der Waals surface area contributed by atoms with Crippen molar-refractivity contribution in [3.8, 4) is 0 Å². The van der Waals surface area contributed by atoms with E-state index in [2.05, 4.69) is 33.0 Å². The molecule has 0 saturated heterocycles. The lowest BCUT2D eigenvalue weighted by molar-refractivity contribution is 0.149. The lowest BCUT2D eigenvalue weighted by Crippen LogP contribution is -2.39. The van der Waals surface area contributed by atoms with Gasteiger partial charge in [-0.25, -0.2) is 4.79 Å². The summed E-state index contributed by atoms with van der Waals surface area (Å²) in [6.45, 7) is 4.73. The van der Waals surface area contributed by atoms with E-state index < -0.39 is 6.09 Å². The van der Waals surface area contributed by atoms with Crippen LogP contribution >= 0.6 is 15.9 Å². The Bertz CT molecular complexity index is 465. The van der Waals surface area contributed by atoms with Gasteiger partial charge in [-0.1, -0.05) is 15.9 Å². The van der Waals surface area contributed by atoms with Crippen LogP contribution in [0.1, 0.15) is 18.9 Å². The second-order valence-electron chi connectivity index (χ2n) is 4.73. The third-order valence-electron chi connectivity index (χ3n) is 3.55. The molecule has 0 unspecified atom stereocenters. The number of carboxylic acid groups (broad SMARTS) is 1. The Hall–Kier alpha value is -1.23. The first kappa shape index (κ1) is 14.2. The van der Waals surface area contributed by atoms with Crippen LogP contribution in [-0.4, -0.2) is 42.3 Å². The van der Waals surface area contributed by atoms with Gasteiger partial charge in [-0.05, 0) is 43.5 Å². The minimum absolute atomic E-state index is 0.538. The average Bonchev–Trinajstić information content (AvgIpc) is 2.38. The first-order valence-corrected chi connectivity index (χ1v) is 7.42. The number of rotatable bonds is 4. The summed E-state index contributed by atoms with van der Waals surface area (Å²) in [5.74, 6) is 0. The van der Waals surface area contributed by atoms with E-state index in [1.165, 1.54) is 16.2 Å². The normalized spacial score (nSPS) is 14.1. The highest BCUT2D eigenvalue weighted by atomic mass is 79.9. The predicted molar refractivity (Wildman–Crippen MR) is 79.9 cm³/mol. The molecule has 1 aliphatic rings. The smallest absolute Gasteiger partial charge is 0.407 e. The Morgan fingerprint density at radius 2 is 2.32 bits per heavy atom. The Labute approximate surface area is 122 Å². The van der Waals surface area contributed by atoms with Gasteiger partial charge >= 0.3 is 6.09 Å². The van der Waals surface area contributed by atoms with Gasteiger partial charge in [-0.2, -0.15) is 0 Å². The molecular formula is C14H19BrN2O2. The standard InChI is InChI=1S/C14H19BrN2O2/c1-2-16(14(18)19)8-9-17-7-3-4-11-10-12(15)5-6-13(11)17/h5-6,10H,2-4,7-9H2,1H3,(H,18,19). The van der Waals surface area contributed by atoms with Crippen molar-refractivity contribution in [2.24, 2.45) is 0 Å². The third-order valence-corrected chi connectivity index (χ3v) is 4.04. The van der Waals surface area contributed by atoms with E-state index in [-0.39, 0.29) is 0 Å². The lowest BCUT2D eigenvalue weighted by Gasteiger charge is -2.32. The molecule has 0 spiro atoms. The molecule has 1 N–H and O–H groups in total. The molecule has 2 rings (SSSR count). The number of fused-ring (bicyclic) bond motifs is 1. The quantitative estimate of drug-likeness (QED) is 0.924. The SMILES string of the molecule is CCN(CCN1CCCc2cc(Br)ccc21)C(=O)O. The second-order valence-corrected chi connectivity index (χ2v) is 5.64. The van der Waals surface area contributed by atoms with E-state index in [1.54, 1.807) is 0 Å². The van der Waals surface area contributed by atoms with Crippen molar-refractivity contribution < 1.29 is 9.90 Å². The van der Waals surface area contributed by atoms with Crippen molar-refractivity contribution in [2.75, 3.05) is 31.1 Å². The van der Waals surface area contributed by atoms with Crippen LogP contribution < -0.4 is 4.90 Å². The maximum absolute atomic E-state index is 11.0. The molecule has 104 valence electrons. The van der Waals surface area contributed by atoms with Gasteiger partial charge in [0.05, 0.1) is 0 Å². The number of nitrogens with zero attached hydrogens (tertiary/aromatic N) is 2. The summed E-state index contributed by atoms with van der Waals surface area (Å²) in [7, 11) is 0. The molecule has 1 aromatic carbocycles. The number of aryl methyl sites for hydroxylation is 1. The summed E-state index contributed by atoms with van der Waals surface area (Å²) in [4.78, 5) is 14.7. The van der Waals surface area contributed by atoms with E-state index in [9.17, 15) is 4.79 Å². The van der Waals surface area contributed by atoms with Crippen molar-refractivity contribution in [3.05, 3.63) is 28.2 Å². The molecule has 0 atom stereocenters. The molecule has 0 radical (unpaired) electrons. The van der Waals surface area contributed by atoms with Crippen LogP contribution in [-0.2, 0) is 6.42 Å². The zero-order chi connectivity index (χ0) is 13.8. The first-order valence-electron chi connectivity index (χ1n) is 6.63. The Morgan fingerprint density at radius 3 is 3.00 bits per heavy atom. The number of benzene rings is 1. The predicted octanol–water partition coefficient (Wildman–Crippen LogP) is 3.20. The van der Waals surface area contributed by atoms with Gasteiger partial charge in [0, 0.05) is 36.3 Å². The zero-order valence-corrected chi connectivity index (χ0v) is 12.7. The molecule has 1 amide bonds. The van der Waals surface area contributed by atoms with Crippen molar-refractivity contribution in [1.82, 2.24) is 4.90 Å². The molecule has 0 aromatic heterocycles. The molecule has 0 fully saturated rings. The second kappa shape index (κ2) is 6.28. The molecule has 1 aliphatic heterocycles. The van der Waals surface area contributed by atoms with E-state index in [0.29, 0.717) is 13.1 Å². The molecule has 4 nitrogen and oxygen atoms in total. The lowest BCUT2D eigenvalue weighted by atomic mass is 10.0. The number of anilines is 1. The number of halogens is 1. The third kappa shape index (κ3) is 3.41. The fraction of sp³-hybridized carbons (Fsp3) is 0.500. The molecule has 0 saturated carbocycles. The summed E-state index contributed by atoms with van der Waals surface area (Å²) in [6, 6.07) is 6.33. The fourth-order valence-electron chi connectivity index (χ4n) is 2.51. The largest absolute Gasteiger partial charge is 0.465 e. The average molecular weight is 327 g/mol. The van der Waals surface area contributed by atoms with Crippen molar-refractivity contribution in [3.63, 3.8) is 0 Å². The Morgan fingerprint density at radius 1 is 1.53 bits per heavy atom. The fourth-order valence-corrected chi connectivity index (χ4v) is 2.91. The molecule has 0 bridgehead atoms. The highest BCUT2D eigenvalue weighted by Gasteiger charge is 2.18. The minimum Gasteiger partial charge on any atom is -0.465 e. The summed E-state index contributed by atoms with van der Waals surface area (Å²) < 4.78 is 1.11. The van der Waals surface area contributed by atoms with E-state index in [0.717, 1.165) is 30.4 Å². The Balaban J connectivity index is 2.05. The molecule has 19 heavy (non-hydrogen) atoms. The van der Waals surface area contributed by atoms with Crippen LogP contribution in [0.2, 0.25) is 0 Å². The van der Waals surface area contributed by atoms with Crippen molar-refractivity contribution >= 4 is 27.7 Å². The molecule has 0 aliphatic carbocycles. The highest BCUT2D eigenvalue weighted by molar-refractivity contribution is 9.10. The highest BCUT2D eigenvalue weighted by Crippen LogP contribution is 2.29. The minimum atomic E-state index is -0.837. The van der Waals surface area contributed by atoms with Crippen LogP contribution in [0.25, 0.3) is 0 Å². The zero-order valence-electron chi connectivity index (χ0n) is 11.1. The Kier molecular flexibility index (Phi) is 4.69. The summed E-state index contributed by atoms with van der Waals surface area (Å²) >= 11 is 3.50. The molecular weight excluding hydrogens is 308 g/mol. The van der Waals surface area contributed by atoms with Gasteiger partial charge < -0.3 is 14.9 Å².